The molecule has 2 N–H and O–H groups in total. The van der Waals surface area contributed by atoms with E-state index < -0.39 is 0 Å². The molecule has 2 heterocycles. The van der Waals surface area contributed by atoms with E-state index in [0.717, 1.165) is 56.7 Å². The molecule has 3 rings (SSSR count). The molecule has 0 atom stereocenters. The fourth-order valence-corrected chi connectivity index (χ4v) is 3.62. The zero-order valence-electron chi connectivity index (χ0n) is 18.4. The number of aryl methyl sites for hydroxylation is 3. The van der Waals surface area contributed by atoms with Crippen LogP contribution in [0.15, 0.2) is 27.6 Å². The van der Waals surface area contributed by atoms with Gasteiger partial charge in [0, 0.05) is 52.0 Å². The highest BCUT2D eigenvalue weighted by Gasteiger charge is 2.18. The number of nitrogens with one attached hydrogen (secondary N) is 2. The van der Waals surface area contributed by atoms with Crippen LogP contribution in [0.2, 0.25) is 0 Å². The van der Waals surface area contributed by atoms with Crippen molar-refractivity contribution in [1.29, 1.82) is 0 Å². The van der Waals surface area contributed by atoms with Gasteiger partial charge in [0.15, 0.2) is 5.96 Å². The van der Waals surface area contributed by atoms with Gasteiger partial charge >= 0.3 is 0 Å². The topological polar surface area (TPSA) is 68.9 Å². The van der Waals surface area contributed by atoms with Crippen LogP contribution in [0.25, 0.3) is 0 Å². The quantitative estimate of drug-likeness (QED) is 0.575. The molecular weight excluding hydrogens is 364 g/mol. The molecule has 1 aromatic carbocycles. The Morgan fingerprint density at radius 1 is 1.10 bits per heavy atom. The standard InChI is InChI=1S/C22H34N6O/c1-16-7-6-8-20(17(16)2)28-13-11-27(12-14-28)10-9-24-22(23-5)25-15-21-26-18(3)19(4)29-21/h6-8H,9-15H2,1-5H3,(H2,23,24,25). The Labute approximate surface area is 174 Å². The highest BCUT2D eigenvalue weighted by Crippen LogP contribution is 2.23. The van der Waals surface area contributed by atoms with Gasteiger partial charge in [0.25, 0.3) is 0 Å². The maximum absolute atomic E-state index is 5.60. The molecule has 0 aliphatic carbocycles. The van der Waals surface area contributed by atoms with Crippen LogP contribution >= 0.6 is 0 Å². The summed E-state index contributed by atoms with van der Waals surface area (Å²) in [6.45, 7) is 15.0. The molecule has 1 aromatic heterocycles. The minimum Gasteiger partial charge on any atom is -0.444 e. The van der Waals surface area contributed by atoms with Gasteiger partial charge in [-0.2, -0.15) is 0 Å². The van der Waals surface area contributed by atoms with Crippen molar-refractivity contribution in [2.45, 2.75) is 34.2 Å². The lowest BCUT2D eigenvalue weighted by Crippen LogP contribution is -2.49. The third-order valence-electron chi connectivity index (χ3n) is 5.71. The Bertz CT molecular complexity index is 816. The largest absolute Gasteiger partial charge is 0.444 e. The summed E-state index contributed by atoms with van der Waals surface area (Å²) in [5, 5.41) is 6.64. The molecule has 0 unspecified atom stereocenters. The average molecular weight is 399 g/mol. The molecule has 0 radical (unpaired) electrons. The van der Waals surface area contributed by atoms with E-state index in [1.807, 2.05) is 13.8 Å². The number of nitrogens with zero attached hydrogens (tertiary/aromatic N) is 4. The monoisotopic (exact) mass is 398 g/mol. The molecule has 0 saturated carbocycles. The maximum Gasteiger partial charge on any atom is 0.214 e. The number of anilines is 1. The van der Waals surface area contributed by atoms with E-state index in [-0.39, 0.29) is 0 Å². The Balaban J connectivity index is 1.39. The van der Waals surface area contributed by atoms with E-state index >= 15 is 0 Å². The number of rotatable bonds is 6. The van der Waals surface area contributed by atoms with E-state index in [9.17, 15) is 0 Å². The summed E-state index contributed by atoms with van der Waals surface area (Å²) in [6.07, 6.45) is 0. The van der Waals surface area contributed by atoms with Gasteiger partial charge in [-0.3, -0.25) is 9.89 Å². The number of hydrogen-bond donors (Lipinski definition) is 2. The lowest BCUT2D eigenvalue weighted by atomic mass is 10.1. The Hall–Kier alpha value is -2.54. The van der Waals surface area contributed by atoms with Crippen molar-refractivity contribution in [1.82, 2.24) is 20.5 Å². The van der Waals surface area contributed by atoms with Crippen LogP contribution < -0.4 is 15.5 Å². The SMILES string of the molecule is CN=C(NCCN1CCN(c2cccc(C)c2C)CC1)NCc1nc(C)c(C)o1. The molecule has 1 saturated heterocycles. The van der Waals surface area contributed by atoms with Crippen LogP contribution in [-0.2, 0) is 6.54 Å². The molecule has 158 valence electrons. The van der Waals surface area contributed by atoms with Gasteiger partial charge in [-0.05, 0) is 44.9 Å². The number of guanidine groups is 1. The first-order chi connectivity index (χ1) is 14.0. The fourth-order valence-electron chi connectivity index (χ4n) is 3.62. The van der Waals surface area contributed by atoms with E-state index in [2.05, 4.69) is 62.5 Å². The minimum absolute atomic E-state index is 0.531. The number of benzene rings is 1. The van der Waals surface area contributed by atoms with E-state index in [1.165, 1.54) is 16.8 Å². The lowest BCUT2D eigenvalue weighted by molar-refractivity contribution is 0.261. The lowest BCUT2D eigenvalue weighted by Gasteiger charge is -2.37. The highest BCUT2D eigenvalue weighted by molar-refractivity contribution is 5.79. The van der Waals surface area contributed by atoms with Crippen LogP contribution in [-0.4, -0.2) is 62.2 Å². The Kier molecular flexibility index (Phi) is 7.14. The first kappa shape index (κ1) is 21.2. The summed E-state index contributed by atoms with van der Waals surface area (Å²) in [6, 6.07) is 6.59. The molecule has 0 amide bonds. The third-order valence-corrected chi connectivity index (χ3v) is 5.71. The predicted molar refractivity (Wildman–Crippen MR) is 119 cm³/mol. The normalized spacial score (nSPS) is 15.6. The molecule has 1 fully saturated rings. The first-order valence-corrected chi connectivity index (χ1v) is 10.4. The van der Waals surface area contributed by atoms with Gasteiger partial charge < -0.3 is 20.0 Å². The second-order valence-corrected chi connectivity index (χ2v) is 7.65. The maximum atomic E-state index is 5.60. The van der Waals surface area contributed by atoms with Crippen LogP contribution in [0.5, 0.6) is 0 Å². The molecular formula is C22H34N6O. The van der Waals surface area contributed by atoms with Gasteiger partial charge in [0.1, 0.15) is 5.76 Å². The summed E-state index contributed by atoms with van der Waals surface area (Å²) in [5.41, 5.74) is 5.08. The van der Waals surface area contributed by atoms with Gasteiger partial charge in [-0.15, -0.1) is 0 Å². The number of aromatic nitrogens is 1. The Morgan fingerprint density at radius 2 is 1.86 bits per heavy atom. The fraction of sp³-hybridized carbons (Fsp3) is 0.545. The molecule has 0 bridgehead atoms. The van der Waals surface area contributed by atoms with Crippen molar-refractivity contribution >= 4 is 11.6 Å². The summed E-state index contributed by atoms with van der Waals surface area (Å²) >= 11 is 0. The number of oxazole rings is 1. The van der Waals surface area contributed by atoms with Crippen molar-refractivity contribution in [2.24, 2.45) is 4.99 Å². The zero-order chi connectivity index (χ0) is 20.8. The third kappa shape index (κ3) is 5.50. The first-order valence-electron chi connectivity index (χ1n) is 10.4. The zero-order valence-corrected chi connectivity index (χ0v) is 18.4. The van der Waals surface area contributed by atoms with Gasteiger partial charge in [0.05, 0.1) is 12.2 Å². The average Bonchev–Trinajstić information content (AvgIpc) is 3.05. The number of piperazine rings is 1. The van der Waals surface area contributed by atoms with E-state index in [1.54, 1.807) is 7.05 Å². The molecule has 1 aliphatic rings. The van der Waals surface area contributed by atoms with Crippen molar-refractivity contribution < 1.29 is 4.42 Å². The van der Waals surface area contributed by atoms with Crippen LogP contribution in [0.3, 0.4) is 0 Å². The van der Waals surface area contributed by atoms with Gasteiger partial charge in [-0.1, -0.05) is 12.1 Å². The highest BCUT2D eigenvalue weighted by atomic mass is 16.4. The van der Waals surface area contributed by atoms with E-state index in [0.29, 0.717) is 12.4 Å². The van der Waals surface area contributed by atoms with Crippen molar-refractivity contribution in [3.8, 4) is 0 Å². The Morgan fingerprint density at radius 3 is 2.52 bits per heavy atom. The van der Waals surface area contributed by atoms with Crippen LogP contribution in [0.4, 0.5) is 5.69 Å². The van der Waals surface area contributed by atoms with Crippen LogP contribution in [0, 0.1) is 27.7 Å². The number of hydrogen-bond acceptors (Lipinski definition) is 5. The molecule has 1 aliphatic heterocycles. The molecule has 29 heavy (non-hydrogen) atoms. The van der Waals surface area contributed by atoms with Crippen molar-refractivity contribution in [3.63, 3.8) is 0 Å². The second-order valence-electron chi connectivity index (χ2n) is 7.65. The molecule has 7 nitrogen and oxygen atoms in total. The van der Waals surface area contributed by atoms with Gasteiger partial charge in [-0.25, -0.2) is 4.98 Å². The summed E-state index contributed by atoms with van der Waals surface area (Å²) < 4.78 is 5.60. The van der Waals surface area contributed by atoms with Crippen molar-refractivity contribution in [2.75, 3.05) is 51.2 Å². The second kappa shape index (κ2) is 9.78. The van der Waals surface area contributed by atoms with Crippen LogP contribution in [0.1, 0.15) is 28.5 Å². The van der Waals surface area contributed by atoms with Crippen molar-refractivity contribution in [3.05, 3.63) is 46.7 Å². The smallest absolute Gasteiger partial charge is 0.214 e. The van der Waals surface area contributed by atoms with Gasteiger partial charge in [0.2, 0.25) is 5.89 Å². The summed E-state index contributed by atoms with van der Waals surface area (Å²) in [5.74, 6) is 2.32. The summed E-state index contributed by atoms with van der Waals surface area (Å²) in [7, 11) is 1.78. The predicted octanol–water partition coefficient (Wildman–Crippen LogP) is 2.40. The van der Waals surface area contributed by atoms with E-state index in [4.69, 9.17) is 4.42 Å². The molecule has 7 heteroatoms. The number of aliphatic imine (C=N–C) groups is 1. The summed E-state index contributed by atoms with van der Waals surface area (Å²) in [4.78, 5) is 13.7. The minimum atomic E-state index is 0.531. The molecule has 0 spiro atoms. The molecule has 2 aromatic rings.